The van der Waals surface area contributed by atoms with Gasteiger partial charge in [-0.2, -0.15) is 0 Å². The Kier molecular flexibility index (Phi) is 5.35. The van der Waals surface area contributed by atoms with Crippen molar-refractivity contribution in [3.8, 4) is 0 Å². The van der Waals surface area contributed by atoms with Gasteiger partial charge in [0.25, 0.3) is 0 Å². The number of nitrogens with one attached hydrogen (secondary N) is 1. The molecule has 1 aromatic rings. The molecule has 0 saturated heterocycles. The molecule has 3 nitrogen and oxygen atoms in total. The van der Waals surface area contributed by atoms with Gasteiger partial charge in [0.15, 0.2) is 0 Å². The first-order valence-electron chi connectivity index (χ1n) is 5.97. The summed E-state index contributed by atoms with van der Waals surface area (Å²) in [5.41, 5.74) is 0.768. The molecule has 18 heavy (non-hydrogen) atoms. The van der Waals surface area contributed by atoms with Gasteiger partial charge in [0, 0.05) is 4.47 Å². The van der Waals surface area contributed by atoms with E-state index in [2.05, 4.69) is 21.2 Å². The maximum atomic E-state index is 11.7. The summed E-state index contributed by atoms with van der Waals surface area (Å²) in [5, 5.41) is 2.91. The van der Waals surface area contributed by atoms with E-state index in [1.54, 1.807) is 0 Å². The largest absolute Gasteiger partial charge is 0.366 e. The summed E-state index contributed by atoms with van der Waals surface area (Å²) < 4.78 is 6.44. The number of hydrogen-bond donors (Lipinski definition) is 1. The van der Waals surface area contributed by atoms with Gasteiger partial charge in [-0.3, -0.25) is 4.79 Å². The maximum Gasteiger partial charge on any atom is 0.246 e. The Labute approximate surface area is 117 Å². The second-order valence-electron chi connectivity index (χ2n) is 5.25. The van der Waals surface area contributed by atoms with Gasteiger partial charge >= 0.3 is 0 Å². The van der Waals surface area contributed by atoms with E-state index in [4.69, 9.17) is 4.74 Å². The van der Waals surface area contributed by atoms with Crippen LogP contribution in [0.15, 0.2) is 28.7 Å². The summed E-state index contributed by atoms with van der Waals surface area (Å²) in [6.07, 6.45) is 0. The Hall–Kier alpha value is -0.870. The van der Waals surface area contributed by atoms with Crippen molar-refractivity contribution >= 4 is 21.8 Å². The SMILES string of the molecule is C[C@@H](NC(=O)COC(C)(C)C)c1cccc(Br)c1. The number of halogens is 1. The Bertz CT molecular complexity index is 413. The quantitative estimate of drug-likeness (QED) is 0.924. The number of benzene rings is 1. The second-order valence-corrected chi connectivity index (χ2v) is 6.16. The predicted molar refractivity (Wildman–Crippen MR) is 76.4 cm³/mol. The van der Waals surface area contributed by atoms with Crippen molar-refractivity contribution < 1.29 is 9.53 Å². The van der Waals surface area contributed by atoms with E-state index in [9.17, 15) is 4.79 Å². The lowest BCUT2D eigenvalue weighted by Gasteiger charge is -2.20. The highest BCUT2D eigenvalue weighted by Crippen LogP contribution is 2.17. The molecule has 1 atom stereocenters. The van der Waals surface area contributed by atoms with Crippen molar-refractivity contribution in [1.82, 2.24) is 5.32 Å². The topological polar surface area (TPSA) is 38.3 Å². The Balaban J connectivity index is 2.50. The third-order valence-electron chi connectivity index (χ3n) is 2.36. The molecule has 0 bridgehead atoms. The van der Waals surface area contributed by atoms with Crippen LogP contribution in [-0.4, -0.2) is 18.1 Å². The van der Waals surface area contributed by atoms with Crippen LogP contribution in [0.3, 0.4) is 0 Å². The van der Waals surface area contributed by atoms with E-state index in [0.717, 1.165) is 10.0 Å². The lowest BCUT2D eigenvalue weighted by molar-refractivity contribution is -0.131. The fourth-order valence-electron chi connectivity index (χ4n) is 1.42. The zero-order valence-corrected chi connectivity index (χ0v) is 12.9. The van der Waals surface area contributed by atoms with E-state index < -0.39 is 0 Å². The van der Waals surface area contributed by atoms with Crippen LogP contribution < -0.4 is 5.32 Å². The first-order valence-corrected chi connectivity index (χ1v) is 6.76. The monoisotopic (exact) mass is 313 g/mol. The average Bonchev–Trinajstić information content (AvgIpc) is 2.25. The van der Waals surface area contributed by atoms with Gasteiger partial charge < -0.3 is 10.1 Å². The van der Waals surface area contributed by atoms with Gasteiger partial charge in [-0.25, -0.2) is 0 Å². The van der Waals surface area contributed by atoms with Crippen LogP contribution in [0.25, 0.3) is 0 Å². The molecule has 0 radical (unpaired) electrons. The van der Waals surface area contributed by atoms with Gasteiger partial charge in [0.1, 0.15) is 6.61 Å². The average molecular weight is 314 g/mol. The number of amides is 1. The first kappa shape index (κ1) is 15.2. The van der Waals surface area contributed by atoms with E-state index in [0.29, 0.717) is 0 Å². The van der Waals surface area contributed by atoms with Crippen LogP contribution in [0.1, 0.15) is 39.3 Å². The summed E-state index contributed by atoms with van der Waals surface area (Å²) in [7, 11) is 0. The molecule has 0 aliphatic heterocycles. The molecule has 100 valence electrons. The number of carbonyl (C=O) groups excluding carboxylic acids is 1. The van der Waals surface area contributed by atoms with Crippen molar-refractivity contribution in [3.63, 3.8) is 0 Å². The van der Waals surface area contributed by atoms with Crippen molar-refractivity contribution in [2.75, 3.05) is 6.61 Å². The van der Waals surface area contributed by atoms with Crippen molar-refractivity contribution in [1.29, 1.82) is 0 Å². The number of ether oxygens (including phenoxy) is 1. The molecular weight excluding hydrogens is 294 g/mol. The van der Waals surface area contributed by atoms with Crippen LogP contribution >= 0.6 is 15.9 Å². The third kappa shape index (κ3) is 5.65. The minimum atomic E-state index is -0.295. The highest BCUT2D eigenvalue weighted by atomic mass is 79.9. The van der Waals surface area contributed by atoms with Crippen LogP contribution in [0.2, 0.25) is 0 Å². The highest BCUT2D eigenvalue weighted by molar-refractivity contribution is 9.10. The van der Waals surface area contributed by atoms with Crippen LogP contribution in [-0.2, 0) is 9.53 Å². The third-order valence-corrected chi connectivity index (χ3v) is 2.86. The molecule has 1 N–H and O–H groups in total. The first-order chi connectivity index (χ1) is 8.28. The smallest absolute Gasteiger partial charge is 0.246 e. The molecule has 0 aliphatic rings. The lowest BCUT2D eigenvalue weighted by Crippen LogP contribution is -2.33. The van der Waals surface area contributed by atoms with Gasteiger partial charge in [0.2, 0.25) is 5.91 Å². The minimum absolute atomic E-state index is 0.0291. The normalized spacial score (nSPS) is 13.2. The van der Waals surface area contributed by atoms with Crippen molar-refractivity contribution in [3.05, 3.63) is 34.3 Å². The fraction of sp³-hybridized carbons (Fsp3) is 0.500. The molecule has 0 heterocycles. The Morgan fingerprint density at radius 2 is 2.11 bits per heavy atom. The number of carbonyl (C=O) groups is 1. The number of hydrogen-bond acceptors (Lipinski definition) is 2. The Morgan fingerprint density at radius 1 is 1.44 bits per heavy atom. The second kappa shape index (κ2) is 6.34. The molecule has 0 saturated carbocycles. The van der Waals surface area contributed by atoms with Crippen LogP contribution in [0, 0.1) is 0 Å². The molecule has 0 aliphatic carbocycles. The van der Waals surface area contributed by atoms with Crippen LogP contribution in [0.4, 0.5) is 0 Å². The fourth-order valence-corrected chi connectivity index (χ4v) is 1.84. The molecule has 1 rings (SSSR count). The molecule has 0 fully saturated rings. The highest BCUT2D eigenvalue weighted by Gasteiger charge is 2.14. The Morgan fingerprint density at radius 3 is 2.67 bits per heavy atom. The minimum Gasteiger partial charge on any atom is -0.366 e. The maximum absolute atomic E-state index is 11.7. The van der Waals surface area contributed by atoms with E-state index in [1.807, 2.05) is 52.0 Å². The lowest BCUT2D eigenvalue weighted by atomic mass is 10.1. The van der Waals surface area contributed by atoms with Gasteiger partial charge in [0.05, 0.1) is 11.6 Å². The molecule has 1 aromatic carbocycles. The summed E-state index contributed by atoms with van der Waals surface area (Å²) in [6, 6.07) is 7.86. The standard InChI is InChI=1S/C14H20BrNO2/c1-10(11-6-5-7-12(15)8-11)16-13(17)9-18-14(2,3)4/h5-8,10H,9H2,1-4H3,(H,16,17)/t10-/m1/s1. The van der Waals surface area contributed by atoms with Crippen molar-refractivity contribution in [2.45, 2.75) is 39.3 Å². The molecule has 4 heteroatoms. The van der Waals surface area contributed by atoms with E-state index in [1.165, 1.54) is 0 Å². The zero-order chi connectivity index (χ0) is 13.8. The van der Waals surface area contributed by atoms with E-state index >= 15 is 0 Å². The molecule has 0 spiro atoms. The summed E-state index contributed by atoms with van der Waals surface area (Å²) in [5.74, 6) is -0.0996. The molecule has 1 amide bonds. The molecule has 0 unspecified atom stereocenters. The van der Waals surface area contributed by atoms with Crippen LogP contribution in [0.5, 0.6) is 0 Å². The number of rotatable bonds is 4. The van der Waals surface area contributed by atoms with Gasteiger partial charge in [-0.15, -0.1) is 0 Å². The summed E-state index contributed by atoms with van der Waals surface area (Å²) in [4.78, 5) is 11.7. The summed E-state index contributed by atoms with van der Waals surface area (Å²) >= 11 is 3.42. The summed E-state index contributed by atoms with van der Waals surface area (Å²) in [6.45, 7) is 7.83. The predicted octanol–water partition coefficient (Wildman–Crippen LogP) is 3.44. The van der Waals surface area contributed by atoms with E-state index in [-0.39, 0.29) is 24.2 Å². The zero-order valence-electron chi connectivity index (χ0n) is 11.3. The van der Waals surface area contributed by atoms with Gasteiger partial charge in [-0.1, -0.05) is 28.1 Å². The van der Waals surface area contributed by atoms with Gasteiger partial charge in [-0.05, 0) is 45.4 Å². The molecule has 0 aromatic heterocycles. The molecular formula is C14H20BrNO2. The van der Waals surface area contributed by atoms with Crippen molar-refractivity contribution in [2.24, 2.45) is 0 Å².